The second-order valence-corrected chi connectivity index (χ2v) is 6.59. The van der Waals surface area contributed by atoms with E-state index in [9.17, 15) is 9.90 Å². The van der Waals surface area contributed by atoms with Crippen molar-refractivity contribution in [3.8, 4) is 0 Å². The fraction of sp³-hybridized carbons (Fsp3) is 0.647. The largest absolute Gasteiger partial charge is 0.393 e. The molecule has 126 valence electrons. The number of hydrogen-bond acceptors (Lipinski definition) is 5. The molecule has 0 aliphatic carbocycles. The van der Waals surface area contributed by atoms with Crippen molar-refractivity contribution in [3.63, 3.8) is 0 Å². The van der Waals surface area contributed by atoms with Crippen molar-refractivity contribution in [2.45, 2.75) is 38.0 Å². The quantitative estimate of drug-likeness (QED) is 0.844. The molecule has 0 aromatic carbocycles. The van der Waals surface area contributed by atoms with Crippen molar-refractivity contribution in [1.29, 1.82) is 0 Å². The summed E-state index contributed by atoms with van der Waals surface area (Å²) in [4.78, 5) is 21.4. The van der Waals surface area contributed by atoms with Crippen LogP contribution in [0.5, 0.6) is 0 Å². The zero-order chi connectivity index (χ0) is 16.2. The number of likely N-dealkylation sites (tertiary alicyclic amines) is 1. The number of piperazine rings is 1. The third kappa shape index (κ3) is 3.88. The van der Waals surface area contributed by atoms with Gasteiger partial charge >= 0.3 is 0 Å². The minimum absolute atomic E-state index is 0.150. The standard InChI is InChI=1S/C17H26N4O2/c1-13-12-21(11-8-19-13)16(14-2-6-18-7-3-14)17(23)20-9-4-15(22)5-10-20/h2-3,6-7,13,15-16,19,22H,4-5,8-12H2,1H3. The van der Waals surface area contributed by atoms with E-state index >= 15 is 0 Å². The summed E-state index contributed by atoms with van der Waals surface area (Å²) in [7, 11) is 0. The lowest BCUT2D eigenvalue weighted by molar-refractivity contribution is -0.139. The van der Waals surface area contributed by atoms with Gasteiger partial charge in [-0.25, -0.2) is 0 Å². The average molecular weight is 318 g/mol. The Kier molecular flexibility index (Phi) is 5.25. The van der Waals surface area contributed by atoms with Gasteiger partial charge in [0.1, 0.15) is 6.04 Å². The lowest BCUT2D eigenvalue weighted by Crippen LogP contribution is -2.54. The molecule has 0 radical (unpaired) electrons. The van der Waals surface area contributed by atoms with Crippen LogP contribution in [0.15, 0.2) is 24.5 Å². The molecule has 3 heterocycles. The van der Waals surface area contributed by atoms with Crippen LogP contribution in [-0.2, 0) is 4.79 Å². The molecule has 0 saturated carbocycles. The third-order valence-electron chi connectivity index (χ3n) is 4.80. The number of carbonyl (C=O) groups excluding carboxylic acids is 1. The monoisotopic (exact) mass is 318 g/mol. The van der Waals surface area contributed by atoms with Crippen LogP contribution in [0.4, 0.5) is 0 Å². The number of rotatable bonds is 3. The van der Waals surface area contributed by atoms with Crippen molar-refractivity contribution >= 4 is 5.91 Å². The van der Waals surface area contributed by atoms with Crippen LogP contribution in [0.3, 0.4) is 0 Å². The number of aliphatic hydroxyl groups is 1. The van der Waals surface area contributed by atoms with Gasteiger partial charge in [0.05, 0.1) is 6.10 Å². The summed E-state index contributed by atoms with van der Waals surface area (Å²) < 4.78 is 0. The number of nitrogens with zero attached hydrogens (tertiary/aromatic N) is 3. The Morgan fingerprint density at radius 2 is 2.00 bits per heavy atom. The summed E-state index contributed by atoms with van der Waals surface area (Å²) in [6, 6.07) is 4.00. The number of pyridine rings is 1. The maximum atomic E-state index is 13.2. The molecule has 6 heteroatoms. The fourth-order valence-corrected chi connectivity index (χ4v) is 3.51. The average Bonchev–Trinajstić information content (AvgIpc) is 2.57. The van der Waals surface area contributed by atoms with Crippen LogP contribution >= 0.6 is 0 Å². The van der Waals surface area contributed by atoms with Crippen LogP contribution in [0, 0.1) is 0 Å². The first-order valence-corrected chi connectivity index (χ1v) is 8.49. The van der Waals surface area contributed by atoms with E-state index in [1.807, 2.05) is 17.0 Å². The highest BCUT2D eigenvalue weighted by molar-refractivity contribution is 5.83. The molecule has 1 aromatic rings. The number of nitrogens with one attached hydrogen (secondary N) is 1. The summed E-state index contributed by atoms with van der Waals surface area (Å²) in [5, 5.41) is 13.1. The van der Waals surface area contributed by atoms with Gasteiger partial charge in [0.2, 0.25) is 5.91 Å². The Labute approximate surface area is 137 Å². The number of aliphatic hydroxyl groups excluding tert-OH is 1. The highest BCUT2D eigenvalue weighted by atomic mass is 16.3. The van der Waals surface area contributed by atoms with Gasteiger partial charge in [0, 0.05) is 51.2 Å². The van der Waals surface area contributed by atoms with E-state index in [1.165, 1.54) is 0 Å². The number of aromatic nitrogens is 1. The SMILES string of the molecule is CC1CN(C(C(=O)N2CCC(O)CC2)c2ccncc2)CCN1. The molecular weight excluding hydrogens is 292 g/mol. The van der Waals surface area contributed by atoms with Crippen LogP contribution < -0.4 is 5.32 Å². The van der Waals surface area contributed by atoms with Gasteiger partial charge < -0.3 is 15.3 Å². The lowest BCUT2D eigenvalue weighted by atomic mass is 10.0. The van der Waals surface area contributed by atoms with Gasteiger partial charge in [-0.05, 0) is 37.5 Å². The highest BCUT2D eigenvalue weighted by Crippen LogP contribution is 2.25. The van der Waals surface area contributed by atoms with E-state index in [1.54, 1.807) is 12.4 Å². The van der Waals surface area contributed by atoms with Crippen LogP contribution in [0.2, 0.25) is 0 Å². The van der Waals surface area contributed by atoms with E-state index in [2.05, 4.69) is 22.1 Å². The highest BCUT2D eigenvalue weighted by Gasteiger charge is 2.34. The number of piperidine rings is 1. The molecule has 3 rings (SSSR count). The molecule has 23 heavy (non-hydrogen) atoms. The van der Waals surface area contributed by atoms with E-state index in [-0.39, 0.29) is 18.1 Å². The first kappa shape index (κ1) is 16.4. The number of hydrogen-bond donors (Lipinski definition) is 2. The van der Waals surface area contributed by atoms with Gasteiger partial charge in [-0.1, -0.05) is 0 Å². The Hall–Kier alpha value is -1.50. The lowest BCUT2D eigenvalue weighted by Gasteiger charge is -2.40. The van der Waals surface area contributed by atoms with E-state index in [0.29, 0.717) is 32.0 Å². The molecule has 2 fully saturated rings. The summed E-state index contributed by atoms with van der Waals surface area (Å²) in [6.07, 6.45) is 4.58. The van der Waals surface area contributed by atoms with E-state index < -0.39 is 0 Å². The predicted molar refractivity (Wildman–Crippen MR) is 87.8 cm³/mol. The third-order valence-corrected chi connectivity index (χ3v) is 4.80. The van der Waals surface area contributed by atoms with Gasteiger partial charge in [-0.15, -0.1) is 0 Å². The first-order chi connectivity index (χ1) is 11.1. The van der Waals surface area contributed by atoms with E-state index in [0.717, 1.165) is 25.2 Å². The Balaban J connectivity index is 1.81. The van der Waals surface area contributed by atoms with Crippen molar-refractivity contribution < 1.29 is 9.90 Å². The van der Waals surface area contributed by atoms with Gasteiger partial charge in [-0.3, -0.25) is 14.7 Å². The molecule has 1 aromatic heterocycles. The molecular formula is C17H26N4O2. The zero-order valence-electron chi connectivity index (χ0n) is 13.7. The molecule has 2 aliphatic heterocycles. The minimum Gasteiger partial charge on any atom is -0.393 e. The minimum atomic E-state index is -0.266. The molecule has 1 amide bonds. The van der Waals surface area contributed by atoms with Crippen molar-refractivity contribution in [2.75, 3.05) is 32.7 Å². The number of amides is 1. The Morgan fingerprint density at radius 3 is 2.65 bits per heavy atom. The first-order valence-electron chi connectivity index (χ1n) is 8.49. The fourth-order valence-electron chi connectivity index (χ4n) is 3.51. The Bertz CT molecular complexity index is 517. The van der Waals surface area contributed by atoms with Crippen molar-refractivity contribution in [2.24, 2.45) is 0 Å². The smallest absolute Gasteiger partial charge is 0.244 e. The molecule has 2 saturated heterocycles. The molecule has 2 unspecified atom stereocenters. The summed E-state index contributed by atoms with van der Waals surface area (Å²) >= 11 is 0. The van der Waals surface area contributed by atoms with Crippen LogP contribution in [0.1, 0.15) is 31.4 Å². The molecule has 0 bridgehead atoms. The Morgan fingerprint density at radius 1 is 1.30 bits per heavy atom. The molecule has 2 N–H and O–H groups in total. The second kappa shape index (κ2) is 7.38. The summed E-state index contributed by atoms with van der Waals surface area (Å²) in [5.41, 5.74) is 1.00. The van der Waals surface area contributed by atoms with Crippen LogP contribution in [0.25, 0.3) is 0 Å². The van der Waals surface area contributed by atoms with Crippen molar-refractivity contribution in [1.82, 2.24) is 20.1 Å². The molecule has 2 aliphatic rings. The molecule has 2 atom stereocenters. The topological polar surface area (TPSA) is 68.7 Å². The predicted octanol–water partition coefficient (Wildman–Crippen LogP) is 0.400. The van der Waals surface area contributed by atoms with Gasteiger partial charge in [-0.2, -0.15) is 0 Å². The molecule has 6 nitrogen and oxygen atoms in total. The van der Waals surface area contributed by atoms with E-state index in [4.69, 9.17) is 0 Å². The summed E-state index contributed by atoms with van der Waals surface area (Å²) in [5.74, 6) is 0.150. The van der Waals surface area contributed by atoms with Crippen molar-refractivity contribution in [3.05, 3.63) is 30.1 Å². The number of carbonyl (C=O) groups is 1. The maximum absolute atomic E-state index is 13.2. The van der Waals surface area contributed by atoms with Gasteiger partial charge in [0.25, 0.3) is 0 Å². The maximum Gasteiger partial charge on any atom is 0.244 e. The second-order valence-electron chi connectivity index (χ2n) is 6.59. The zero-order valence-corrected chi connectivity index (χ0v) is 13.7. The summed E-state index contributed by atoms with van der Waals surface area (Å²) in [6.45, 7) is 6.05. The van der Waals surface area contributed by atoms with Gasteiger partial charge in [0.15, 0.2) is 0 Å². The molecule has 0 spiro atoms. The normalized spacial score (nSPS) is 25.3. The van der Waals surface area contributed by atoms with Crippen LogP contribution in [-0.4, -0.2) is 70.7 Å².